The summed E-state index contributed by atoms with van der Waals surface area (Å²) in [4.78, 5) is 28.3. The van der Waals surface area contributed by atoms with Crippen LogP contribution < -0.4 is 0 Å². The monoisotopic (exact) mass is 336 g/mol. The highest BCUT2D eigenvalue weighted by Crippen LogP contribution is 2.26. The van der Waals surface area contributed by atoms with Crippen LogP contribution >= 0.6 is 23.1 Å². The molecule has 0 bridgehead atoms. The number of carbonyl (C=O) groups excluding carboxylic acids is 1. The molecule has 2 aromatic rings. The molecular weight excluding hydrogens is 316 g/mol. The molecule has 1 atom stereocenters. The second kappa shape index (κ2) is 7.19. The first-order valence-corrected chi connectivity index (χ1v) is 8.80. The van der Waals surface area contributed by atoms with Gasteiger partial charge in [-0.15, -0.1) is 11.3 Å². The Morgan fingerprint density at radius 3 is 2.68 bits per heavy atom. The number of aryl methyl sites for hydroxylation is 3. The zero-order valence-corrected chi connectivity index (χ0v) is 15.1. The van der Waals surface area contributed by atoms with E-state index in [2.05, 4.69) is 15.0 Å². The SMILES string of the molecule is Cc1ccnc(SCC(=O)N(C)[C@@H](C)c2nc(C)sc2C)n1. The largest absolute Gasteiger partial charge is 0.337 e. The van der Waals surface area contributed by atoms with Gasteiger partial charge in [0.1, 0.15) is 0 Å². The number of aromatic nitrogens is 3. The summed E-state index contributed by atoms with van der Waals surface area (Å²) in [7, 11) is 1.82. The number of thioether (sulfide) groups is 1. The molecule has 22 heavy (non-hydrogen) atoms. The summed E-state index contributed by atoms with van der Waals surface area (Å²) in [6, 6.07) is 1.81. The minimum absolute atomic E-state index is 0.0310. The lowest BCUT2D eigenvalue weighted by Gasteiger charge is -2.24. The molecule has 0 radical (unpaired) electrons. The summed E-state index contributed by atoms with van der Waals surface area (Å²) in [5.74, 6) is 0.375. The first-order valence-electron chi connectivity index (χ1n) is 7.00. The third-order valence-corrected chi connectivity index (χ3v) is 5.16. The van der Waals surface area contributed by atoms with Crippen LogP contribution in [-0.4, -0.2) is 38.6 Å². The zero-order chi connectivity index (χ0) is 16.3. The van der Waals surface area contributed by atoms with Crippen LogP contribution in [0.3, 0.4) is 0 Å². The van der Waals surface area contributed by atoms with Crippen LogP contribution in [0.1, 0.15) is 34.2 Å². The van der Waals surface area contributed by atoms with Crippen molar-refractivity contribution in [1.82, 2.24) is 19.9 Å². The summed E-state index contributed by atoms with van der Waals surface area (Å²) in [5, 5.41) is 1.66. The van der Waals surface area contributed by atoms with E-state index in [-0.39, 0.29) is 11.9 Å². The summed E-state index contributed by atoms with van der Waals surface area (Å²) in [5.41, 5.74) is 1.88. The van der Waals surface area contributed by atoms with Crippen LogP contribution in [0.15, 0.2) is 17.4 Å². The number of carbonyl (C=O) groups is 1. The Balaban J connectivity index is 1.98. The number of rotatable bonds is 5. The molecule has 2 heterocycles. The number of thiazole rings is 1. The molecule has 5 nitrogen and oxygen atoms in total. The van der Waals surface area contributed by atoms with Crippen molar-refractivity contribution in [1.29, 1.82) is 0 Å². The highest BCUT2D eigenvalue weighted by Gasteiger charge is 2.21. The van der Waals surface area contributed by atoms with Gasteiger partial charge in [0.25, 0.3) is 0 Å². The van der Waals surface area contributed by atoms with Gasteiger partial charge in [0.2, 0.25) is 5.91 Å². The van der Waals surface area contributed by atoms with Gasteiger partial charge >= 0.3 is 0 Å². The van der Waals surface area contributed by atoms with Crippen LogP contribution in [0, 0.1) is 20.8 Å². The molecule has 7 heteroatoms. The maximum absolute atomic E-state index is 12.4. The standard InChI is InChI=1S/C15H20N4OS2/c1-9-6-7-16-15(17-9)21-8-13(20)19(5)10(2)14-11(3)22-12(4)18-14/h6-7,10H,8H2,1-5H3/t10-/m0/s1. The second-order valence-corrected chi connectivity index (χ2v) is 7.47. The minimum atomic E-state index is -0.0310. The summed E-state index contributed by atoms with van der Waals surface area (Å²) >= 11 is 3.03. The van der Waals surface area contributed by atoms with Crippen molar-refractivity contribution in [3.63, 3.8) is 0 Å². The summed E-state index contributed by atoms with van der Waals surface area (Å²) < 4.78 is 0. The smallest absolute Gasteiger partial charge is 0.233 e. The van der Waals surface area contributed by atoms with Gasteiger partial charge in [-0.2, -0.15) is 0 Å². The normalized spacial score (nSPS) is 12.2. The number of amides is 1. The minimum Gasteiger partial charge on any atom is -0.337 e. The molecule has 2 rings (SSSR count). The Morgan fingerprint density at radius 1 is 1.36 bits per heavy atom. The van der Waals surface area contributed by atoms with Gasteiger partial charge in [0.15, 0.2) is 5.16 Å². The molecule has 0 aliphatic carbocycles. The molecule has 0 saturated carbocycles. The Bertz CT molecular complexity index is 671. The van der Waals surface area contributed by atoms with E-state index in [1.165, 1.54) is 16.6 Å². The van der Waals surface area contributed by atoms with E-state index in [0.29, 0.717) is 10.9 Å². The Morgan fingerprint density at radius 2 is 2.09 bits per heavy atom. The molecule has 2 aromatic heterocycles. The first kappa shape index (κ1) is 16.9. The van der Waals surface area contributed by atoms with Gasteiger partial charge in [-0.3, -0.25) is 4.79 Å². The molecule has 0 saturated heterocycles. The average molecular weight is 336 g/mol. The van der Waals surface area contributed by atoms with Crippen LogP contribution in [0.25, 0.3) is 0 Å². The van der Waals surface area contributed by atoms with Crippen molar-refractivity contribution in [2.24, 2.45) is 0 Å². The summed E-state index contributed by atoms with van der Waals surface area (Å²) in [6.07, 6.45) is 1.71. The van der Waals surface area contributed by atoms with E-state index in [1.54, 1.807) is 22.4 Å². The molecule has 0 N–H and O–H groups in total. The molecule has 1 amide bonds. The Hall–Kier alpha value is -1.47. The van der Waals surface area contributed by atoms with Gasteiger partial charge < -0.3 is 4.90 Å². The van der Waals surface area contributed by atoms with Crippen molar-refractivity contribution in [3.05, 3.63) is 33.5 Å². The fraction of sp³-hybridized carbons (Fsp3) is 0.467. The van der Waals surface area contributed by atoms with Crippen LogP contribution in [0.2, 0.25) is 0 Å². The highest BCUT2D eigenvalue weighted by atomic mass is 32.2. The van der Waals surface area contributed by atoms with Crippen LogP contribution in [-0.2, 0) is 4.79 Å². The van der Waals surface area contributed by atoms with Crippen molar-refractivity contribution in [2.45, 2.75) is 38.9 Å². The van der Waals surface area contributed by atoms with E-state index in [1.807, 2.05) is 40.8 Å². The Kier molecular flexibility index (Phi) is 5.52. The molecule has 0 spiro atoms. The van der Waals surface area contributed by atoms with Gasteiger partial charge in [-0.25, -0.2) is 15.0 Å². The van der Waals surface area contributed by atoms with Gasteiger partial charge in [-0.1, -0.05) is 11.8 Å². The van der Waals surface area contributed by atoms with Gasteiger partial charge in [-0.05, 0) is 33.8 Å². The van der Waals surface area contributed by atoms with Crippen molar-refractivity contribution in [3.8, 4) is 0 Å². The topological polar surface area (TPSA) is 59.0 Å². The Labute approximate surface area is 139 Å². The van der Waals surface area contributed by atoms with Crippen molar-refractivity contribution < 1.29 is 4.79 Å². The molecule has 0 unspecified atom stereocenters. The zero-order valence-electron chi connectivity index (χ0n) is 13.5. The second-order valence-electron chi connectivity index (χ2n) is 5.12. The quantitative estimate of drug-likeness (QED) is 0.620. The predicted molar refractivity (Wildman–Crippen MR) is 90.3 cm³/mol. The highest BCUT2D eigenvalue weighted by molar-refractivity contribution is 7.99. The molecule has 0 aliphatic rings. The third kappa shape index (κ3) is 4.04. The lowest BCUT2D eigenvalue weighted by atomic mass is 10.2. The number of hydrogen-bond acceptors (Lipinski definition) is 6. The number of hydrogen-bond donors (Lipinski definition) is 0. The molecule has 0 fully saturated rings. The fourth-order valence-electron chi connectivity index (χ4n) is 2.06. The van der Waals surface area contributed by atoms with E-state index < -0.39 is 0 Å². The predicted octanol–water partition coefficient (Wildman–Crippen LogP) is 3.17. The maximum atomic E-state index is 12.4. The lowest BCUT2D eigenvalue weighted by Crippen LogP contribution is -2.31. The lowest BCUT2D eigenvalue weighted by molar-refractivity contribution is -0.129. The maximum Gasteiger partial charge on any atom is 0.233 e. The summed E-state index contributed by atoms with van der Waals surface area (Å²) in [6.45, 7) is 7.95. The van der Waals surface area contributed by atoms with Gasteiger partial charge in [0, 0.05) is 23.8 Å². The van der Waals surface area contributed by atoms with E-state index in [9.17, 15) is 4.79 Å². The van der Waals surface area contributed by atoms with E-state index in [0.717, 1.165) is 16.4 Å². The van der Waals surface area contributed by atoms with Crippen molar-refractivity contribution >= 4 is 29.0 Å². The molecule has 0 aliphatic heterocycles. The van der Waals surface area contributed by atoms with Crippen molar-refractivity contribution in [2.75, 3.05) is 12.8 Å². The third-order valence-electron chi connectivity index (χ3n) is 3.41. The van der Waals surface area contributed by atoms with Crippen LogP contribution in [0.5, 0.6) is 0 Å². The van der Waals surface area contributed by atoms with E-state index >= 15 is 0 Å². The molecule has 0 aromatic carbocycles. The number of nitrogens with zero attached hydrogens (tertiary/aromatic N) is 4. The first-order chi connectivity index (χ1) is 10.4. The van der Waals surface area contributed by atoms with Gasteiger partial charge in [0.05, 0.1) is 22.5 Å². The molecule has 118 valence electrons. The fourth-order valence-corrected chi connectivity index (χ4v) is 3.76. The van der Waals surface area contributed by atoms with E-state index in [4.69, 9.17) is 0 Å². The average Bonchev–Trinajstić information content (AvgIpc) is 2.82. The molecular formula is C15H20N4OS2. The van der Waals surface area contributed by atoms with Crippen LogP contribution in [0.4, 0.5) is 0 Å².